The lowest BCUT2D eigenvalue weighted by Crippen LogP contribution is -2.31. The molecule has 0 rings (SSSR count). The summed E-state index contributed by atoms with van der Waals surface area (Å²) in [6.45, 7) is 7.47. The maximum Gasteiger partial charge on any atom is 0.307 e. The quantitative estimate of drug-likeness (QED) is 0.585. The van der Waals surface area contributed by atoms with Crippen LogP contribution in [-0.2, 0) is 9.53 Å². The lowest BCUT2D eigenvalue weighted by Gasteiger charge is -2.17. The molecule has 0 saturated heterocycles. The first-order valence-electron chi connectivity index (χ1n) is 6.63. The predicted molar refractivity (Wildman–Crippen MR) is 67.5 cm³/mol. The van der Waals surface area contributed by atoms with E-state index in [0.29, 0.717) is 19.1 Å². The standard InChI is InChI=1S/C13H27NO2/c1-4-7-9-12(8-5-2)14-11-10-13(15)16-6-3/h12,14H,4-11H2,1-3H3. The molecule has 1 atom stereocenters. The van der Waals surface area contributed by atoms with Crippen molar-refractivity contribution in [3.63, 3.8) is 0 Å². The molecule has 0 saturated carbocycles. The SMILES string of the molecule is CCCCC(CCC)NCCC(=O)OCC. The van der Waals surface area contributed by atoms with Crippen LogP contribution in [0.3, 0.4) is 0 Å². The summed E-state index contributed by atoms with van der Waals surface area (Å²) < 4.78 is 4.89. The summed E-state index contributed by atoms with van der Waals surface area (Å²) in [5.41, 5.74) is 0. The van der Waals surface area contributed by atoms with Gasteiger partial charge in [-0.15, -0.1) is 0 Å². The fraction of sp³-hybridized carbons (Fsp3) is 0.923. The molecule has 0 radical (unpaired) electrons. The minimum absolute atomic E-state index is 0.0965. The van der Waals surface area contributed by atoms with Crippen LogP contribution in [-0.4, -0.2) is 25.2 Å². The number of esters is 1. The molecule has 0 bridgehead atoms. The number of rotatable bonds is 10. The fourth-order valence-corrected chi connectivity index (χ4v) is 1.76. The Kier molecular flexibility index (Phi) is 10.5. The molecule has 0 aromatic rings. The highest BCUT2D eigenvalue weighted by molar-refractivity contribution is 5.69. The molecule has 3 nitrogen and oxygen atoms in total. The van der Waals surface area contributed by atoms with Crippen LogP contribution < -0.4 is 5.32 Å². The van der Waals surface area contributed by atoms with Crippen LogP contribution in [0.25, 0.3) is 0 Å². The number of nitrogens with one attached hydrogen (secondary N) is 1. The molecule has 0 fully saturated rings. The van der Waals surface area contributed by atoms with E-state index < -0.39 is 0 Å². The van der Waals surface area contributed by atoms with E-state index in [2.05, 4.69) is 19.2 Å². The Labute approximate surface area is 99.9 Å². The smallest absolute Gasteiger partial charge is 0.307 e. The van der Waals surface area contributed by atoms with Gasteiger partial charge in [0.2, 0.25) is 0 Å². The summed E-state index contributed by atoms with van der Waals surface area (Å²) >= 11 is 0. The van der Waals surface area contributed by atoms with Crippen LogP contribution in [0.4, 0.5) is 0 Å². The second-order valence-corrected chi connectivity index (χ2v) is 4.14. The highest BCUT2D eigenvalue weighted by Gasteiger charge is 2.07. The second-order valence-electron chi connectivity index (χ2n) is 4.14. The molecule has 96 valence electrons. The summed E-state index contributed by atoms with van der Waals surface area (Å²) in [7, 11) is 0. The normalized spacial score (nSPS) is 12.4. The summed E-state index contributed by atoms with van der Waals surface area (Å²) in [5, 5.41) is 3.44. The third-order valence-electron chi connectivity index (χ3n) is 2.61. The number of ether oxygens (including phenoxy) is 1. The van der Waals surface area contributed by atoms with Crippen molar-refractivity contribution >= 4 is 5.97 Å². The van der Waals surface area contributed by atoms with Crippen LogP contribution in [0.5, 0.6) is 0 Å². The van der Waals surface area contributed by atoms with Crippen LogP contribution in [0.15, 0.2) is 0 Å². The molecule has 0 aromatic carbocycles. The van der Waals surface area contributed by atoms with E-state index in [1.54, 1.807) is 0 Å². The number of carbonyl (C=O) groups excluding carboxylic acids is 1. The minimum atomic E-state index is -0.0965. The lowest BCUT2D eigenvalue weighted by atomic mass is 10.1. The van der Waals surface area contributed by atoms with Crippen LogP contribution in [0.2, 0.25) is 0 Å². The first-order valence-corrected chi connectivity index (χ1v) is 6.63. The molecule has 1 N–H and O–H groups in total. The summed E-state index contributed by atoms with van der Waals surface area (Å²) in [6.07, 6.45) is 6.59. The molecule has 0 aromatic heterocycles. The van der Waals surface area contributed by atoms with Crippen molar-refractivity contribution < 1.29 is 9.53 Å². The van der Waals surface area contributed by atoms with Crippen molar-refractivity contribution in [2.24, 2.45) is 0 Å². The van der Waals surface area contributed by atoms with Gasteiger partial charge in [0, 0.05) is 12.6 Å². The van der Waals surface area contributed by atoms with Gasteiger partial charge in [0.1, 0.15) is 0 Å². The van der Waals surface area contributed by atoms with Gasteiger partial charge >= 0.3 is 5.97 Å². The lowest BCUT2D eigenvalue weighted by molar-refractivity contribution is -0.143. The zero-order chi connectivity index (χ0) is 12.2. The Balaban J connectivity index is 3.61. The van der Waals surface area contributed by atoms with Gasteiger partial charge in [-0.2, -0.15) is 0 Å². The van der Waals surface area contributed by atoms with E-state index in [9.17, 15) is 4.79 Å². The molecular formula is C13H27NO2. The molecule has 0 aliphatic rings. The molecule has 0 aliphatic heterocycles. The highest BCUT2D eigenvalue weighted by atomic mass is 16.5. The molecule has 3 heteroatoms. The maximum atomic E-state index is 11.1. The molecule has 0 amide bonds. The van der Waals surface area contributed by atoms with E-state index in [0.717, 1.165) is 6.54 Å². The average Bonchev–Trinajstić information content (AvgIpc) is 2.26. The van der Waals surface area contributed by atoms with E-state index in [4.69, 9.17) is 4.74 Å². The Hall–Kier alpha value is -0.570. The predicted octanol–water partition coefficient (Wildman–Crippen LogP) is 2.89. The molecule has 0 heterocycles. The van der Waals surface area contributed by atoms with Crippen molar-refractivity contribution in [2.45, 2.75) is 65.3 Å². The first kappa shape index (κ1) is 15.4. The van der Waals surface area contributed by atoms with Crippen LogP contribution >= 0.6 is 0 Å². The Morgan fingerprint density at radius 2 is 1.94 bits per heavy atom. The molecule has 0 spiro atoms. The van der Waals surface area contributed by atoms with Crippen LogP contribution in [0.1, 0.15) is 59.3 Å². The summed E-state index contributed by atoms with van der Waals surface area (Å²) in [6, 6.07) is 0.569. The number of unbranched alkanes of at least 4 members (excludes halogenated alkanes) is 1. The molecular weight excluding hydrogens is 202 g/mol. The van der Waals surface area contributed by atoms with Gasteiger partial charge in [-0.3, -0.25) is 4.79 Å². The van der Waals surface area contributed by atoms with Crippen molar-refractivity contribution in [3.8, 4) is 0 Å². The van der Waals surface area contributed by atoms with Gasteiger partial charge in [0.05, 0.1) is 13.0 Å². The second kappa shape index (κ2) is 10.9. The summed E-state index contributed by atoms with van der Waals surface area (Å²) in [4.78, 5) is 11.1. The van der Waals surface area contributed by atoms with E-state index in [1.807, 2.05) is 6.92 Å². The number of hydrogen-bond acceptors (Lipinski definition) is 3. The van der Waals surface area contributed by atoms with Crippen molar-refractivity contribution in [1.82, 2.24) is 5.32 Å². The van der Waals surface area contributed by atoms with Gasteiger partial charge in [0.15, 0.2) is 0 Å². The number of carbonyl (C=O) groups is 1. The maximum absolute atomic E-state index is 11.1. The van der Waals surface area contributed by atoms with E-state index in [-0.39, 0.29) is 5.97 Å². The van der Waals surface area contributed by atoms with Gasteiger partial charge in [0.25, 0.3) is 0 Å². The third-order valence-corrected chi connectivity index (χ3v) is 2.61. The third kappa shape index (κ3) is 8.72. The number of hydrogen-bond donors (Lipinski definition) is 1. The Bertz CT molecular complexity index is 171. The van der Waals surface area contributed by atoms with Crippen molar-refractivity contribution in [1.29, 1.82) is 0 Å². The van der Waals surface area contributed by atoms with Gasteiger partial charge in [-0.25, -0.2) is 0 Å². The highest BCUT2D eigenvalue weighted by Crippen LogP contribution is 2.06. The monoisotopic (exact) mass is 229 g/mol. The van der Waals surface area contributed by atoms with Gasteiger partial charge in [-0.1, -0.05) is 33.1 Å². The molecule has 1 unspecified atom stereocenters. The average molecular weight is 229 g/mol. The topological polar surface area (TPSA) is 38.3 Å². The Morgan fingerprint density at radius 3 is 2.50 bits per heavy atom. The zero-order valence-electron chi connectivity index (χ0n) is 11.1. The molecule has 16 heavy (non-hydrogen) atoms. The summed E-state index contributed by atoms with van der Waals surface area (Å²) in [5.74, 6) is -0.0965. The van der Waals surface area contributed by atoms with Crippen LogP contribution in [0, 0.1) is 0 Å². The van der Waals surface area contributed by atoms with Gasteiger partial charge in [-0.05, 0) is 19.8 Å². The first-order chi connectivity index (χ1) is 7.74. The van der Waals surface area contributed by atoms with Crippen molar-refractivity contribution in [2.75, 3.05) is 13.2 Å². The Morgan fingerprint density at radius 1 is 1.19 bits per heavy atom. The van der Waals surface area contributed by atoms with E-state index >= 15 is 0 Å². The largest absolute Gasteiger partial charge is 0.466 e. The zero-order valence-corrected chi connectivity index (χ0v) is 11.1. The minimum Gasteiger partial charge on any atom is -0.466 e. The fourth-order valence-electron chi connectivity index (χ4n) is 1.76. The molecule has 0 aliphatic carbocycles. The van der Waals surface area contributed by atoms with Crippen molar-refractivity contribution in [3.05, 3.63) is 0 Å². The van der Waals surface area contributed by atoms with E-state index in [1.165, 1.54) is 32.1 Å². The van der Waals surface area contributed by atoms with Gasteiger partial charge < -0.3 is 10.1 Å².